The predicted octanol–water partition coefficient (Wildman–Crippen LogP) is 3.03. The number of aromatic nitrogens is 5. The van der Waals surface area contributed by atoms with Gasteiger partial charge in [0.25, 0.3) is 5.89 Å². The van der Waals surface area contributed by atoms with Crippen molar-refractivity contribution in [1.29, 1.82) is 0 Å². The molecule has 0 aliphatic heterocycles. The van der Waals surface area contributed by atoms with E-state index in [2.05, 4.69) is 30.7 Å². The van der Waals surface area contributed by atoms with E-state index in [1.807, 2.05) is 6.92 Å². The summed E-state index contributed by atoms with van der Waals surface area (Å²) in [5.41, 5.74) is 2.32. The van der Waals surface area contributed by atoms with Gasteiger partial charge in [0.05, 0.1) is 18.8 Å². The summed E-state index contributed by atoms with van der Waals surface area (Å²) in [7, 11) is 1.79. The number of nitrogens with one attached hydrogen (secondary N) is 2. The molecule has 1 aromatic carbocycles. The number of aliphatic hydroxyl groups excluding tert-OH is 1. The average molecular weight is 454 g/mol. The van der Waals surface area contributed by atoms with Crippen LogP contribution in [-0.2, 0) is 7.05 Å². The molecule has 1 amide bonds. The Hall–Kier alpha value is -3.76. The maximum absolute atomic E-state index is 12.7. The highest BCUT2D eigenvalue weighted by molar-refractivity contribution is 6.30. The fraction of sp³-hybridized carbons (Fsp3) is 0.190. The summed E-state index contributed by atoms with van der Waals surface area (Å²) in [4.78, 5) is 25.7. The number of anilines is 2. The Labute approximate surface area is 188 Å². The lowest BCUT2D eigenvalue weighted by Crippen LogP contribution is -2.31. The molecule has 0 fully saturated rings. The van der Waals surface area contributed by atoms with E-state index in [0.717, 1.165) is 11.4 Å². The summed E-state index contributed by atoms with van der Waals surface area (Å²) < 4.78 is 7.03. The van der Waals surface area contributed by atoms with Crippen LogP contribution in [0.3, 0.4) is 0 Å². The van der Waals surface area contributed by atoms with Crippen LogP contribution in [0.1, 0.15) is 27.9 Å². The number of aliphatic hydroxyl groups is 1. The monoisotopic (exact) mass is 453 g/mol. The van der Waals surface area contributed by atoms with Gasteiger partial charge < -0.3 is 20.2 Å². The van der Waals surface area contributed by atoms with Crippen molar-refractivity contribution in [3.8, 4) is 11.4 Å². The molecule has 32 heavy (non-hydrogen) atoms. The zero-order valence-corrected chi connectivity index (χ0v) is 18.0. The molecule has 4 rings (SSSR count). The van der Waals surface area contributed by atoms with Crippen LogP contribution in [0.5, 0.6) is 0 Å². The highest BCUT2D eigenvalue weighted by Gasteiger charge is 2.21. The predicted molar refractivity (Wildman–Crippen MR) is 118 cm³/mol. The zero-order valence-electron chi connectivity index (χ0n) is 17.3. The molecule has 0 spiro atoms. The molecule has 0 unspecified atom stereocenters. The van der Waals surface area contributed by atoms with Gasteiger partial charge in [0.1, 0.15) is 23.5 Å². The molecular formula is C21H20ClN7O3. The number of carbonyl (C=O) groups excluding carboxylic acids is 1. The van der Waals surface area contributed by atoms with Gasteiger partial charge >= 0.3 is 5.91 Å². The third kappa shape index (κ3) is 4.61. The Bertz CT molecular complexity index is 1250. The molecular weight excluding hydrogens is 434 g/mol. The van der Waals surface area contributed by atoms with Gasteiger partial charge in [-0.15, -0.1) is 0 Å². The molecule has 0 saturated heterocycles. The SMILES string of the molecule is Cc1cnc(Nc2ccnn2C)nc1-c1coc(C(=O)N[C@H](CO)c2cccc(Cl)c2)n1. The Morgan fingerprint density at radius 1 is 1.31 bits per heavy atom. The maximum Gasteiger partial charge on any atom is 0.307 e. The van der Waals surface area contributed by atoms with Crippen LogP contribution in [0, 0.1) is 6.92 Å². The molecule has 3 aromatic heterocycles. The molecule has 0 radical (unpaired) electrons. The van der Waals surface area contributed by atoms with E-state index in [1.54, 1.807) is 54.5 Å². The molecule has 0 aliphatic carbocycles. The van der Waals surface area contributed by atoms with Crippen molar-refractivity contribution in [3.63, 3.8) is 0 Å². The molecule has 11 heteroatoms. The zero-order chi connectivity index (χ0) is 22.7. The lowest BCUT2D eigenvalue weighted by molar-refractivity contribution is 0.0881. The number of hydrogen-bond acceptors (Lipinski definition) is 8. The minimum Gasteiger partial charge on any atom is -0.440 e. The second-order valence-electron chi connectivity index (χ2n) is 6.99. The second kappa shape index (κ2) is 9.16. The number of rotatable bonds is 7. The van der Waals surface area contributed by atoms with Crippen molar-refractivity contribution in [2.75, 3.05) is 11.9 Å². The minimum absolute atomic E-state index is 0.153. The molecule has 0 saturated carbocycles. The third-order valence-corrected chi connectivity index (χ3v) is 4.95. The minimum atomic E-state index is -0.660. The Morgan fingerprint density at radius 3 is 2.88 bits per heavy atom. The van der Waals surface area contributed by atoms with E-state index >= 15 is 0 Å². The summed E-state index contributed by atoms with van der Waals surface area (Å²) >= 11 is 6.00. The van der Waals surface area contributed by atoms with Crippen molar-refractivity contribution in [1.82, 2.24) is 30.0 Å². The summed E-state index contributed by atoms with van der Waals surface area (Å²) in [6.07, 6.45) is 4.66. The lowest BCUT2D eigenvalue weighted by atomic mass is 10.1. The number of carbonyl (C=O) groups is 1. The molecule has 3 heterocycles. The standard InChI is InChI=1S/C21H20ClN7O3/c1-12-9-23-21(27-17-6-7-24-29(17)2)28-18(12)16-11-32-20(26-16)19(31)25-15(10-30)13-4-3-5-14(22)8-13/h3-9,11,15,30H,10H2,1-2H3,(H,25,31)(H,23,27,28)/t15-/m1/s1. The number of nitrogens with zero attached hydrogens (tertiary/aromatic N) is 5. The first-order valence-electron chi connectivity index (χ1n) is 9.66. The van der Waals surface area contributed by atoms with Gasteiger partial charge in [-0.05, 0) is 30.2 Å². The maximum atomic E-state index is 12.7. The van der Waals surface area contributed by atoms with Crippen molar-refractivity contribution in [2.45, 2.75) is 13.0 Å². The summed E-state index contributed by atoms with van der Waals surface area (Å²) in [5, 5.41) is 20.1. The van der Waals surface area contributed by atoms with Gasteiger partial charge in [0.15, 0.2) is 0 Å². The van der Waals surface area contributed by atoms with E-state index in [0.29, 0.717) is 27.9 Å². The largest absolute Gasteiger partial charge is 0.440 e. The smallest absolute Gasteiger partial charge is 0.307 e. The van der Waals surface area contributed by atoms with Crippen LogP contribution in [0.2, 0.25) is 5.02 Å². The topological polar surface area (TPSA) is 131 Å². The van der Waals surface area contributed by atoms with E-state index in [-0.39, 0.29) is 12.5 Å². The Kier molecular flexibility index (Phi) is 6.15. The number of halogens is 1. The van der Waals surface area contributed by atoms with Gasteiger partial charge in [-0.25, -0.2) is 15.0 Å². The number of hydrogen-bond donors (Lipinski definition) is 3. The van der Waals surface area contributed by atoms with Crippen LogP contribution in [0.15, 0.2) is 53.4 Å². The molecule has 4 aromatic rings. The van der Waals surface area contributed by atoms with Crippen LogP contribution >= 0.6 is 11.6 Å². The fourth-order valence-corrected chi connectivity index (χ4v) is 3.24. The number of oxazole rings is 1. The van der Waals surface area contributed by atoms with Gasteiger partial charge in [-0.1, -0.05) is 23.7 Å². The first-order chi connectivity index (χ1) is 15.4. The van der Waals surface area contributed by atoms with Gasteiger partial charge in [0, 0.05) is 24.3 Å². The number of amides is 1. The Balaban J connectivity index is 1.53. The van der Waals surface area contributed by atoms with Crippen LogP contribution < -0.4 is 10.6 Å². The lowest BCUT2D eigenvalue weighted by Gasteiger charge is -2.15. The molecule has 0 aliphatic rings. The molecule has 10 nitrogen and oxygen atoms in total. The first-order valence-corrected chi connectivity index (χ1v) is 10.0. The van der Waals surface area contributed by atoms with Crippen molar-refractivity contribution < 1.29 is 14.3 Å². The van der Waals surface area contributed by atoms with Crippen LogP contribution in [0.4, 0.5) is 11.8 Å². The van der Waals surface area contributed by atoms with E-state index in [4.69, 9.17) is 16.0 Å². The second-order valence-corrected chi connectivity index (χ2v) is 7.43. The molecule has 0 bridgehead atoms. The average Bonchev–Trinajstić information content (AvgIpc) is 3.43. The fourth-order valence-electron chi connectivity index (χ4n) is 3.04. The third-order valence-electron chi connectivity index (χ3n) is 4.71. The first kappa shape index (κ1) is 21.5. The van der Waals surface area contributed by atoms with Crippen LogP contribution in [0.25, 0.3) is 11.4 Å². The number of aryl methyl sites for hydroxylation is 2. The van der Waals surface area contributed by atoms with Gasteiger partial charge in [-0.3, -0.25) is 9.48 Å². The Morgan fingerprint density at radius 2 is 2.16 bits per heavy atom. The van der Waals surface area contributed by atoms with Crippen LogP contribution in [-0.4, -0.2) is 42.4 Å². The van der Waals surface area contributed by atoms with E-state index in [1.165, 1.54) is 6.26 Å². The van der Waals surface area contributed by atoms with Crippen molar-refractivity contribution in [3.05, 3.63) is 71.0 Å². The van der Waals surface area contributed by atoms with Gasteiger partial charge in [0.2, 0.25) is 5.95 Å². The summed E-state index contributed by atoms with van der Waals surface area (Å²) in [5.74, 6) is 0.343. The van der Waals surface area contributed by atoms with Crippen molar-refractivity contribution >= 4 is 29.3 Å². The molecule has 3 N–H and O–H groups in total. The molecule has 164 valence electrons. The number of benzene rings is 1. The summed E-state index contributed by atoms with van der Waals surface area (Å²) in [6, 6.07) is 8.01. The molecule has 1 atom stereocenters. The van der Waals surface area contributed by atoms with Crippen molar-refractivity contribution in [2.24, 2.45) is 7.05 Å². The van der Waals surface area contributed by atoms with E-state index in [9.17, 15) is 9.90 Å². The summed E-state index contributed by atoms with van der Waals surface area (Å²) in [6.45, 7) is 1.52. The van der Waals surface area contributed by atoms with E-state index < -0.39 is 11.9 Å². The quantitative estimate of drug-likeness (QED) is 0.389. The van der Waals surface area contributed by atoms with Gasteiger partial charge in [-0.2, -0.15) is 5.10 Å². The highest BCUT2D eigenvalue weighted by Crippen LogP contribution is 2.23. The highest BCUT2D eigenvalue weighted by atomic mass is 35.5. The normalized spacial score (nSPS) is 11.9.